The van der Waals surface area contributed by atoms with Gasteiger partial charge in [0, 0.05) is 11.9 Å². The SMILES string of the molecule is Cc1c[nH]c(C(C)C)c1C(C)C. The molecule has 0 spiro atoms. The van der Waals surface area contributed by atoms with E-state index in [1.54, 1.807) is 0 Å². The molecule has 0 saturated heterocycles. The molecule has 0 atom stereocenters. The van der Waals surface area contributed by atoms with Gasteiger partial charge in [0.05, 0.1) is 0 Å². The minimum Gasteiger partial charge on any atom is -0.364 e. The molecule has 1 heterocycles. The van der Waals surface area contributed by atoms with Crippen molar-refractivity contribution in [3.63, 3.8) is 0 Å². The topological polar surface area (TPSA) is 15.8 Å². The van der Waals surface area contributed by atoms with Crippen molar-refractivity contribution in [2.45, 2.75) is 46.5 Å². The van der Waals surface area contributed by atoms with Gasteiger partial charge in [0.15, 0.2) is 0 Å². The molecule has 1 aromatic heterocycles. The number of hydrogen-bond donors (Lipinski definition) is 1. The third-order valence-electron chi connectivity index (χ3n) is 2.31. The van der Waals surface area contributed by atoms with Gasteiger partial charge < -0.3 is 4.98 Å². The van der Waals surface area contributed by atoms with Crippen LogP contribution in [0.5, 0.6) is 0 Å². The van der Waals surface area contributed by atoms with E-state index in [1.165, 1.54) is 16.8 Å². The molecule has 0 aromatic carbocycles. The molecular formula is C11H19N. The van der Waals surface area contributed by atoms with Crippen LogP contribution in [0.3, 0.4) is 0 Å². The van der Waals surface area contributed by atoms with Crippen molar-refractivity contribution < 1.29 is 0 Å². The van der Waals surface area contributed by atoms with E-state index >= 15 is 0 Å². The van der Waals surface area contributed by atoms with Gasteiger partial charge in [-0.2, -0.15) is 0 Å². The molecule has 0 saturated carbocycles. The monoisotopic (exact) mass is 165 g/mol. The largest absolute Gasteiger partial charge is 0.364 e. The van der Waals surface area contributed by atoms with Crippen LogP contribution in [0.2, 0.25) is 0 Å². The molecule has 0 aliphatic rings. The number of aromatic amines is 1. The zero-order valence-electron chi connectivity index (χ0n) is 8.73. The Morgan fingerprint density at radius 3 is 2.00 bits per heavy atom. The van der Waals surface area contributed by atoms with Gasteiger partial charge in [0.1, 0.15) is 0 Å². The smallest absolute Gasteiger partial charge is 0.0210 e. The fourth-order valence-electron chi connectivity index (χ4n) is 1.80. The minimum absolute atomic E-state index is 0.607. The van der Waals surface area contributed by atoms with Crippen molar-refractivity contribution in [2.75, 3.05) is 0 Å². The van der Waals surface area contributed by atoms with Crippen molar-refractivity contribution in [3.05, 3.63) is 23.0 Å². The van der Waals surface area contributed by atoms with Crippen LogP contribution in [0.1, 0.15) is 56.4 Å². The quantitative estimate of drug-likeness (QED) is 0.689. The van der Waals surface area contributed by atoms with Crippen molar-refractivity contribution in [1.82, 2.24) is 4.98 Å². The summed E-state index contributed by atoms with van der Waals surface area (Å²) in [6, 6.07) is 0. The Morgan fingerprint density at radius 2 is 1.67 bits per heavy atom. The number of aryl methyl sites for hydroxylation is 1. The molecule has 1 nitrogen and oxygen atoms in total. The first-order valence-corrected chi connectivity index (χ1v) is 4.71. The highest BCUT2D eigenvalue weighted by atomic mass is 14.7. The van der Waals surface area contributed by atoms with Crippen LogP contribution in [0.4, 0.5) is 0 Å². The first-order chi connectivity index (χ1) is 5.54. The normalized spacial score (nSPS) is 11.6. The van der Waals surface area contributed by atoms with E-state index in [-0.39, 0.29) is 0 Å². The summed E-state index contributed by atoms with van der Waals surface area (Å²) >= 11 is 0. The summed E-state index contributed by atoms with van der Waals surface area (Å²) in [5.74, 6) is 1.24. The van der Waals surface area contributed by atoms with Crippen LogP contribution < -0.4 is 0 Å². The van der Waals surface area contributed by atoms with E-state index in [0.29, 0.717) is 11.8 Å². The average Bonchev–Trinajstić information content (AvgIpc) is 2.30. The highest BCUT2D eigenvalue weighted by Crippen LogP contribution is 2.27. The van der Waals surface area contributed by atoms with Gasteiger partial charge in [-0.3, -0.25) is 0 Å². The van der Waals surface area contributed by atoms with Crippen LogP contribution in [0.25, 0.3) is 0 Å². The molecule has 0 unspecified atom stereocenters. The van der Waals surface area contributed by atoms with E-state index in [0.717, 1.165) is 0 Å². The lowest BCUT2D eigenvalue weighted by Crippen LogP contribution is -1.97. The molecule has 1 rings (SSSR count). The standard InChI is InChI=1S/C11H19N/c1-7(2)10-9(5)6-12-11(10)8(3)4/h6-8,12H,1-5H3. The van der Waals surface area contributed by atoms with Crippen LogP contribution in [0, 0.1) is 6.92 Å². The van der Waals surface area contributed by atoms with E-state index in [2.05, 4.69) is 45.8 Å². The van der Waals surface area contributed by atoms with Gasteiger partial charge in [-0.05, 0) is 29.9 Å². The van der Waals surface area contributed by atoms with Gasteiger partial charge >= 0.3 is 0 Å². The fourth-order valence-corrected chi connectivity index (χ4v) is 1.80. The third-order valence-corrected chi connectivity index (χ3v) is 2.31. The molecular weight excluding hydrogens is 146 g/mol. The van der Waals surface area contributed by atoms with Crippen molar-refractivity contribution in [1.29, 1.82) is 0 Å². The maximum Gasteiger partial charge on any atom is 0.0210 e. The van der Waals surface area contributed by atoms with Gasteiger partial charge in [-0.1, -0.05) is 27.7 Å². The van der Waals surface area contributed by atoms with E-state index < -0.39 is 0 Å². The molecule has 12 heavy (non-hydrogen) atoms. The molecule has 1 N–H and O–H groups in total. The second-order valence-electron chi connectivity index (χ2n) is 4.11. The zero-order chi connectivity index (χ0) is 9.30. The molecule has 0 amide bonds. The Balaban J connectivity index is 3.12. The van der Waals surface area contributed by atoms with E-state index in [1.807, 2.05) is 0 Å². The van der Waals surface area contributed by atoms with Gasteiger partial charge in [0.2, 0.25) is 0 Å². The van der Waals surface area contributed by atoms with Gasteiger partial charge in [-0.25, -0.2) is 0 Å². The number of rotatable bonds is 2. The first-order valence-electron chi connectivity index (χ1n) is 4.71. The highest BCUT2D eigenvalue weighted by Gasteiger charge is 2.13. The van der Waals surface area contributed by atoms with Crippen molar-refractivity contribution in [2.24, 2.45) is 0 Å². The van der Waals surface area contributed by atoms with Crippen molar-refractivity contribution in [3.8, 4) is 0 Å². The molecule has 0 aliphatic carbocycles. The van der Waals surface area contributed by atoms with E-state index in [4.69, 9.17) is 0 Å². The van der Waals surface area contributed by atoms with Gasteiger partial charge in [0.25, 0.3) is 0 Å². The molecule has 1 heteroatoms. The molecule has 0 bridgehead atoms. The maximum atomic E-state index is 3.35. The van der Waals surface area contributed by atoms with Crippen molar-refractivity contribution >= 4 is 0 Å². The second-order valence-corrected chi connectivity index (χ2v) is 4.11. The summed E-state index contributed by atoms with van der Waals surface area (Å²) in [6.45, 7) is 11.1. The number of aromatic nitrogens is 1. The van der Waals surface area contributed by atoms with Gasteiger partial charge in [-0.15, -0.1) is 0 Å². The molecule has 0 fully saturated rings. The van der Waals surface area contributed by atoms with Crippen LogP contribution in [-0.2, 0) is 0 Å². The lowest BCUT2D eigenvalue weighted by Gasteiger charge is -2.11. The van der Waals surface area contributed by atoms with Crippen LogP contribution >= 0.6 is 0 Å². The number of nitrogens with one attached hydrogen (secondary N) is 1. The first kappa shape index (κ1) is 9.37. The lowest BCUT2D eigenvalue weighted by molar-refractivity contribution is 0.771. The Kier molecular flexibility index (Phi) is 2.61. The summed E-state index contributed by atoms with van der Waals surface area (Å²) in [6.07, 6.45) is 2.12. The number of H-pyrrole nitrogens is 1. The number of hydrogen-bond acceptors (Lipinski definition) is 0. The second kappa shape index (κ2) is 3.34. The predicted octanol–water partition coefficient (Wildman–Crippen LogP) is 3.57. The Bertz CT molecular complexity index is 256. The van der Waals surface area contributed by atoms with E-state index in [9.17, 15) is 0 Å². The summed E-state index contributed by atoms with van der Waals surface area (Å²) in [5, 5.41) is 0. The molecule has 1 aromatic rings. The Hall–Kier alpha value is -0.720. The summed E-state index contributed by atoms with van der Waals surface area (Å²) in [5.41, 5.74) is 4.31. The van der Waals surface area contributed by atoms with Crippen LogP contribution in [0.15, 0.2) is 6.20 Å². The minimum atomic E-state index is 0.607. The average molecular weight is 165 g/mol. The Labute approximate surface area is 75.2 Å². The molecule has 0 aliphatic heterocycles. The predicted molar refractivity (Wildman–Crippen MR) is 53.7 cm³/mol. The summed E-state index contributed by atoms with van der Waals surface area (Å²) < 4.78 is 0. The highest BCUT2D eigenvalue weighted by molar-refractivity contribution is 5.34. The lowest BCUT2D eigenvalue weighted by atomic mass is 9.95. The zero-order valence-corrected chi connectivity index (χ0v) is 8.73. The Morgan fingerprint density at radius 1 is 1.08 bits per heavy atom. The molecule has 68 valence electrons. The summed E-state index contributed by atoms with van der Waals surface area (Å²) in [7, 11) is 0. The fraction of sp³-hybridized carbons (Fsp3) is 0.636. The van der Waals surface area contributed by atoms with Crippen LogP contribution in [-0.4, -0.2) is 4.98 Å². The maximum absolute atomic E-state index is 3.35. The third kappa shape index (κ3) is 1.55. The molecule has 0 radical (unpaired) electrons. The summed E-state index contributed by atoms with van der Waals surface area (Å²) in [4.78, 5) is 3.35.